The number of hydrogen-bond acceptors (Lipinski definition) is 2. The Morgan fingerprint density at radius 3 is 2.75 bits per heavy atom. The molecule has 0 saturated carbocycles. The molecule has 0 bridgehead atoms. The Hall–Kier alpha value is -0.760. The van der Waals surface area contributed by atoms with Crippen LogP contribution < -0.4 is 0 Å². The lowest BCUT2D eigenvalue weighted by Crippen LogP contribution is -1.76. The van der Waals surface area contributed by atoms with E-state index in [1.54, 1.807) is 0 Å². The highest BCUT2D eigenvalue weighted by Gasteiger charge is 2.10. The predicted molar refractivity (Wildman–Crippen MR) is 52.9 cm³/mol. The van der Waals surface area contributed by atoms with Gasteiger partial charge in [-0.25, -0.2) is 0 Å². The van der Waals surface area contributed by atoms with Gasteiger partial charge in [0.15, 0.2) is 0 Å². The van der Waals surface area contributed by atoms with Crippen molar-refractivity contribution in [3.05, 3.63) is 22.3 Å². The first-order chi connectivity index (χ1) is 5.72. The van der Waals surface area contributed by atoms with Gasteiger partial charge in [-0.2, -0.15) is 0 Å². The molecule has 0 aromatic carbocycles. The zero-order chi connectivity index (χ0) is 8.72. The highest BCUT2D eigenvalue weighted by molar-refractivity contribution is 7.19. The van der Waals surface area contributed by atoms with E-state index >= 15 is 0 Å². The molecule has 2 aromatic heterocycles. The van der Waals surface area contributed by atoms with E-state index in [2.05, 4.69) is 26.8 Å². The second-order valence-electron chi connectivity index (χ2n) is 3.05. The third-order valence-corrected chi connectivity index (χ3v) is 3.29. The molecule has 64 valence electrons. The van der Waals surface area contributed by atoms with Gasteiger partial charge in [-0.1, -0.05) is 6.92 Å². The number of aryl methyl sites for hydroxylation is 3. The molecular weight excluding hydrogens is 168 g/mol. The van der Waals surface area contributed by atoms with Crippen LogP contribution in [0.4, 0.5) is 0 Å². The van der Waals surface area contributed by atoms with Gasteiger partial charge in [-0.15, -0.1) is 11.3 Å². The topological polar surface area (TPSA) is 13.1 Å². The third kappa shape index (κ3) is 0.985. The largest absolute Gasteiger partial charge is 0.460 e. The first kappa shape index (κ1) is 7.87. The van der Waals surface area contributed by atoms with Crippen molar-refractivity contribution in [2.24, 2.45) is 0 Å². The zero-order valence-electron chi connectivity index (χ0n) is 7.60. The fourth-order valence-corrected chi connectivity index (χ4v) is 2.46. The van der Waals surface area contributed by atoms with Gasteiger partial charge in [0.1, 0.15) is 11.3 Å². The van der Waals surface area contributed by atoms with Crippen molar-refractivity contribution >= 4 is 21.6 Å². The zero-order valence-corrected chi connectivity index (χ0v) is 8.42. The molecule has 0 amide bonds. The van der Waals surface area contributed by atoms with Crippen LogP contribution in [-0.2, 0) is 6.42 Å². The van der Waals surface area contributed by atoms with E-state index in [0.717, 1.165) is 17.8 Å². The molecule has 0 aliphatic heterocycles. The van der Waals surface area contributed by atoms with E-state index < -0.39 is 0 Å². The summed E-state index contributed by atoms with van der Waals surface area (Å²) in [4.78, 5) is 1.33. The van der Waals surface area contributed by atoms with E-state index in [-0.39, 0.29) is 0 Å². The summed E-state index contributed by atoms with van der Waals surface area (Å²) in [6, 6.07) is 2.12. The first-order valence-electron chi connectivity index (χ1n) is 4.20. The standard InChI is InChI=1S/C10H12OS/c1-4-8-7(3)10-9(11-8)5-6(2)12-10/h5H,4H2,1-3H3. The molecular formula is C10H12OS. The van der Waals surface area contributed by atoms with Crippen molar-refractivity contribution in [1.29, 1.82) is 0 Å². The minimum atomic E-state index is 0.992. The van der Waals surface area contributed by atoms with E-state index in [4.69, 9.17) is 4.42 Å². The van der Waals surface area contributed by atoms with Gasteiger partial charge >= 0.3 is 0 Å². The Kier molecular flexibility index (Phi) is 1.72. The Morgan fingerprint density at radius 2 is 2.17 bits per heavy atom. The maximum Gasteiger partial charge on any atom is 0.145 e. The van der Waals surface area contributed by atoms with Gasteiger partial charge in [-0.05, 0) is 19.9 Å². The highest BCUT2D eigenvalue weighted by atomic mass is 32.1. The predicted octanol–water partition coefficient (Wildman–Crippen LogP) is 3.67. The van der Waals surface area contributed by atoms with Crippen LogP contribution in [0.1, 0.15) is 23.1 Å². The normalized spacial score (nSPS) is 11.2. The average Bonchev–Trinajstić information content (AvgIpc) is 2.51. The lowest BCUT2D eigenvalue weighted by Gasteiger charge is -1.89. The molecule has 0 aliphatic rings. The van der Waals surface area contributed by atoms with Crippen LogP contribution in [0.3, 0.4) is 0 Å². The SMILES string of the molecule is CCc1oc2cc(C)sc2c1C. The lowest BCUT2D eigenvalue weighted by molar-refractivity contribution is 0.553. The highest BCUT2D eigenvalue weighted by Crippen LogP contribution is 2.32. The van der Waals surface area contributed by atoms with Crippen molar-refractivity contribution in [3.63, 3.8) is 0 Å². The molecule has 12 heavy (non-hydrogen) atoms. The molecule has 0 spiro atoms. The minimum Gasteiger partial charge on any atom is -0.460 e. The molecule has 2 heteroatoms. The molecule has 1 nitrogen and oxygen atoms in total. The number of thiophene rings is 1. The molecule has 0 radical (unpaired) electrons. The van der Waals surface area contributed by atoms with Crippen molar-refractivity contribution in [1.82, 2.24) is 0 Å². The van der Waals surface area contributed by atoms with Crippen molar-refractivity contribution in [3.8, 4) is 0 Å². The number of fused-ring (bicyclic) bond motifs is 1. The molecule has 2 heterocycles. The summed E-state index contributed by atoms with van der Waals surface area (Å²) in [6.07, 6.45) is 0.992. The molecule has 0 N–H and O–H groups in total. The summed E-state index contributed by atoms with van der Waals surface area (Å²) in [5.74, 6) is 1.14. The van der Waals surface area contributed by atoms with E-state index in [9.17, 15) is 0 Å². The van der Waals surface area contributed by atoms with Crippen LogP contribution in [0.25, 0.3) is 10.3 Å². The third-order valence-electron chi connectivity index (χ3n) is 2.13. The van der Waals surface area contributed by atoms with Crippen LogP contribution >= 0.6 is 11.3 Å². The van der Waals surface area contributed by atoms with Crippen molar-refractivity contribution < 1.29 is 4.42 Å². The Balaban J connectivity index is 2.74. The van der Waals surface area contributed by atoms with Crippen LogP contribution in [0.15, 0.2) is 10.5 Å². The summed E-state index contributed by atoms with van der Waals surface area (Å²) < 4.78 is 7.00. The lowest BCUT2D eigenvalue weighted by atomic mass is 10.2. The van der Waals surface area contributed by atoms with Crippen LogP contribution in [0.2, 0.25) is 0 Å². The quantitative estimate of drug-likeness (QED) is 0.652. The first-order valence-corrected chi connectivity index (χ1v) is 5.02. The Morgan fingerprint density at radius 1 is 1.42 bits per heavy atom. The summed E-state index contributed by atoms with van der Waals surface area (Å²) in [5, 5.41) is 0. The summed E-state index contributed by atoms with van der Waals surface area (Å²) in [7, 11) is 0. The van der Waals surface area contributed by atoms with Gasteiger partial charge in [-0.3, -0.25) is 0 Å². The van der Waals surface area contributed by atoms with E-state index in [1.165, 1.54) is 15.1 Å². The van der Waals surface area contributed by atoms with Crippen molar-refractivity contribution in [2.75, 3.05) is 0 Å². The molecule has 2 aromatic rings. The smallest absolute Gasteiger partial charge is 0.145 e. The monoisotopic (exact) mass is 180 g/mol. The second-order valence-corrected chi connectivity index (χ2v) is 4.31. The Labute approximate surface area is 76.0 Å². The van der Waals surface area contributed by atoms with E-state index in [1.807, 2.05) is 11.3 Å². The van der Waals surface area contributed by atoms with Gasteiger partial charge in [0.25, 0.3) is 0 Å². The van der Waals surface area contributed by atoms with Crippen LogP contribution in [0, 0.1) is 13.8 Å². The van der Waals surface area contributed by atoms with Gasteiger partial charge < -0.3 is 4.42 Å². The van der Waals surface area contributed by atoms with Gasteiger partial charge in [0, 0.05) is 16.9 Å². The minimum absolute atomic E-state index is 0.992. The molecule has 0 atom stereocenters. The summed E-state index contributed by atoms with van der Waals surface area (Å²) in [5.41, 5.74) is 2.39. The van der Waals surface area contributed by atoms with Crippen LogP contribution in [-0.4, -0.2) is 0 Å². The second kappa shape index (κ2) is 2.63. The Bertz CT molecular complexity index is 409. The van der Waals surface area contributed by atoms with Gasteiger partial charge in [0.05, 0.1) is 4.70 Å². The summed E-state index contributed by atoms with van der Waals surface area (Å²) in [6.45, 7) is 6.38. The maximum atomic E-state index is 5.68. The number of furan rings is 1. The van der Waals surface area contributed by atoms with Gasteiger partial charge in [0.2, 0.25) is 0 Å². The fourth-order valence-electron chi connectivity index (χ4n) is 1.50. The number of rotatable bonds is 1. The molecule has 0 aliphatic carbocycles. The van der Waals surface area contributed by atoms with E-state index in [0.29, 0.717) is 0 Å². The molecule has 0 unspecified atom stereocenters. The molecule has 0 saturated heterocycles. The fraction of sp³-hybridized carbons (Fsp3) is 0.400. The average molecular weight is 180 g/mol. The molecule has 0 fully saturated rings. The maximum absolute atomic E-state index is 5.68. The summed E-state index contributed by atoms with van der Waals surface area (Å²) >= 11 is 1.82. The molecule has 2 rings (SSSR count). The van der Waals surface area contributed by atoms with Crippen LogP contribution in [0.5, 0.6) is 0 Å². The van der Waals surface area contributed by atoms with Crippen molar-refractivity contribution in [2.45, 2.75) is 27.2 Å². The number of hydrogen-bond donors (Lipinski definition) is 0.